The van der Waals surface area contributed by atoms with Gasteiger partial charge in [0, 0.05) is 0 Å². The molecular weight excluding hydrogens is 151 g/mol. The molecule has 0 radical (unpaired) electrons. The Balaban J connectivity index is 3.65. The lowest BCUT2D eigenvalue weighted by molar-refractivity contribution is 0.486. The molecule has 52 valence electrons. The van der Waals surface area contributed by atoms with E-state index in [4.69, 9.17) is 0 Å². The molecule has 0 saturated carbocycles. The Hall–Kier alpha value is -1.09. The highest BCUT2D eigenvalue weighted by atomic mass is 31.1. The van der Waals surface area contributed by atoms with Crippen molar-refractivity contribution in [2.24, 2.45) is 0 Å². The third-order valence-electron chi connectivity index (χ3n) is 0.596. The first-order valence-corrected chi connectivity index (χ1v) is 3.99. The third kappa shape index (κ3) is 5.05. The minimum absolute atomic E-state index is 0.425. The molecule has 0 heterocycles. The molecule has 0 aromatic heterocycles. The predicted octanol–water partition coefficient (Wildman–Crippen LogP) is 1.11. The van der Waals surface area contributed by atoms with Crippen molar-refractivity contribution in [2.45, 2.75) is 6.92 Å². The number of hydrogen-bond donors (Lipinski definition) is 0. The van der Waals surface area contributed by atoms with Crippen molar-refractivity contribution in [1.82, 2.24) is 0 Å². The summed E-state index contributed by atoms with van der Waals surface area (Å²) in [6.45, 7) is 1.72. The van der Waals surface area contributed by atoms with E-state index in [2.05, 4.69) is 16.6 Å². The number of rotatable bonds is 2. The zero-order valence-corrected chi connectivity index (χ0v) is 6.35. The molecule has 0 aliphatic heterocycles. The van der Waals surface area contributed by atoms with Gasteiger partial charge in [-0.05, 0) is 17.4 Å². The molecule has 0 rings (SSSR count). The Kier molecular flexibility index (Phi) is 5.38. The summed E-state index contributed by atoms with van der Waals surface area (Å²) in [5.41, 5.74) is 0. The minimum Gasteiger partial charge on any atom is -0.233 e. The number of carbonyl (C=O) groups excluding carboxylic acids is 1. The van der Waals surface area contributed by atoms with Gasteiger partial charge in [0.15, 0.2) is 12.3 Å². The molecule has 10 heavy (non-hydrogen) atoms. The van der Waals surface area contributed by atoms with E-state index < -0.39 is 8.03 Å². The monoisotopic (exact) mass is 157 g/mol. The molecule has 0 aliphatic rings. The molecule has 0 aliphatic carbocycles. The van der Waals surface area contributed by atoms with Crippen molar-refractivity contribution in [3.05, 3.63) is 6.08 Å². The molecule has 1 atom stereocenters. The van der Waals surface area contributed by atoms with Crippen LogP contribution < -0.4 is 0 Å². The van der Waals surface area contributed by atoms with Gasteiger partial charge in [0.2, 0.25) is 0 Å². The van der Waals surface area contributed by atoms with Gasteiger partial charge < -0.3 is 0 Å². The normalized spacial score (nSPS) is 8.30. The van der Waals surface area contributed by atoms with Gasteiger partial charge in [-0.3, -0.25) is 0 Å². The summed E-state index contributed by atoms with van der Waals surface area (Å²) in [6.07, 6.45) is 3.47. The molecule has 3 nitrogen and oxygen atoms in total. The van der Waals surface area contributed by atoms with Gasteiger partial charge in [0.25, 0.3) is 0 Å². The van der Waals surface area contributed by atoms with Gasteiger partial charge in [-0.1, -0.05) is 0 Å². The van der Waals surface area contributed by atoms with E-state index in [1.54, 1.807) is 6.92 Å². The van der Waals surface area contributed by atoms with Gasteiger partial charge in [0.05, 0.1) is 6.08 Å². The third-order valence-corrected chi connectivity index (χ3v) is 1.41. The van der Waals surface area contributed by atoms with Crippen LogP contribution in [0, 0.1) is 12.0 Å². The maximum Gasteiger partial charge on any atom is 0.564 e. The second-order valence-corrected chi connectivity index (χ2v) is 2.73. The smallest absolute Gasteiger partial charge is 0.233 e. The van der Waals surface area contributed by atoms with Crippen molar-refractivity contribution in [3.63, 3.8) is 0 Å². The van der Waals surface area contributed by atoms with Gasteiger partial charge in [-0.2, -0.15) is 4.52 Å². The highest BCUT2D eigenvalue weighted by Crippen LogP contribution is 2.18. The van der Waals surface area contributed by atoms with E-state index in [-0.39, 0.29) is 0 Å². The lowest BCUT2D eigenvalue weighted by Gasteiger charge is -1.69. The highest BCUT2D eigenvalue weighted by Gasteiger charge is 2.09. The number of hydrogen-bond acceptors (Lipinski definition) is 3. The maximum atomic E-state index is 10.5. The first-order valence-electron chi connectivity index (χ1n) is 2.62. The summed E-state index contributed by atoms with van der Waals surface area (Å²) in [5, 5.41) is 0. The topological polar surface area (TPSA) is 43.4 Å². The van der Waals surface area contributed by atoms with Crippen LogP contribution >= 0.6 is 8.03 Å². The molecular formula is C6H6O3P+. The lowest BCUT2D eigenvalue weighted by atomic mass is 10.7. The largest absolute Gasteiger partial charge is 0.564 e. The Labute approximate surface area is 59.9 Å². The fourth-order valence-electron chi connectivity index (χ4n) is 0.201. The molecule has 0 amide bonds. The van der Waals surface area contributed by atoms with E-state index >= 15 is 0 Å². The lowest BCUT2D eigenvalue weighted by Crippen LogP contribution is -1.68. The maximum absolute atomic E-state index is 10.5. The number of allylic oxidation sites excluding steroid dienone is 1. The summed E-state index contributed by atoms with van der Waals surface area (Å²) in [6, 6.07) is 0. The second-order valence-electron chi connectivity index (χ2n) is 1.25. The first-order chi connectivity index (χ1) is 4.81. The molecule has 0 bridgehead atoms. The fraction of sp³-hybridized carbons (Fsp3) is 0.333. The van der Waals surface area contributed by atoms with Crippen LogP contribution in [0.2, 0.25) is 0 Å². The Morgan fingerprint density at radius 2 is 2.40 bits per heavy atom. The van der Waals surface area contributed by atoms with Crippen LogP contribution in [-0.2, 0) is 13.9 Å². The summed E-state index contributed by atoms with van der Waals surface area (Å²) in [5.74, 6) is 3.63. The van der Waals surface area contributed by atoms with E-state index in [0.717, 1.165) is 6.08 Å². The quantitative estimate of drug-likeness (QED) is 0.342. The van der Waals surface area contributed by atoms with Gasteiger partial charge in [-0.25, -0.2) is 4.79 Å². The zero-order chi connectivity index (χ0) is 7.82. The van der Waals surface area contributed by atoms with Crippen molar-refractivity contribution in [2.75, 3.05) is 6.16 Å². The highest BCUT2D eigenvalue weighted by molar-refractivity contribution is 7.39. The molecule has 1 unspecified atom stereocenters. The average Bonchev–Trinajstić information content (AvgIpc) is 1.98. The van der Waals surface area contributed by atoms with Crippen LogP contribution in [0.4, 0.5) is 0 Å². The fourth-order valence-corrected chi connectivity index (χ4v) is 0.484. The average molecular weight is 157 g/mol. The SMILES string of the molecule is CC[P+](=O)OC#CC=C=O. The Morgan fingerprint density at radius 3 is 2.90 bits per heavy atom. The summed E-state index contributed by atoms with van der Waals surface area (Å²) < 4.78 is 14.9. The summed E-state index contributed by atoms with van der Waals surface area (Å²) in [4.78, 5) is 9.51. The molecule has 0 aromatic rings. The Morgan fingerprint density at radius 1 is 1.70 bits per heavy atom. The second kappa shape index (κ2) is 6.04. The molecule has 0 N–H and O–H groups in total. The molecule has 0 aromatic carbocycles. The standard InChI is InChI=1S/C6H6O3P/c1-2-10(8)9-6-4-3-5-7/h3H,2H2,1H3/q+1. The van der Waals surface area contributed by atoms with Crippen LogP contribution in [0.1, 0.15) is 6.92 Å². The van der Waals surface area contributed by atoms with Crippen molar-refractivity contribution in [1.29, 1.82) is 0 Å². The molecule has 0 spiro atoms. The van der Waals surface area contributed by atoms with Crippen LogP contribution in [0.5, 0.6) is 0 Å². The molecule has 0 fully saturated rings. The van der Waals surface area contributed by atoms with Crippen molar-refractivity contribution >= 4 is 14.0 Å². The van der Waals surface area contributed by atoms with Crippen molar-refractivity contribution < 1.29 is 13.9 Å². The van der Waals surface area contributed by atoms with E-state index in [0.29, 0.717) is 6.16 Å². The Bertz CT molecular complexity index is 217. The summed E-state index contributed by atoms with van der Waals surface area (Å²) >= 11 is 0. The van der Waals surface area contributed by atoms with Crippen LogP contribution in [0.25, 0.3) is 0 Å². The van der Waals surface area contributed by atoms with E-state index in [1.807, 2.05) is 0 Å². The molecule has 0 saturated heterocycles. The van der Waals surface area contributed by atoms with E-state index in [9.17, 15) is 9.36 Å². The van der Waals surface area contributed by atoms with E-state index in [1.165, 1.54) is 5.94 Å². The predicted molar refractivity (Wildman–Crippen MR) is 37.3 cm³/mol. The van der Waals surface area contributed by atoms with Gasteiger partial charge in [0.1, 0.15) is 5.94 Å². The summed E-state index contributed by atoms with van der Waals surface area (Å²) in [7, 11) is -1.67. The zero-order valence-electron chi connectivity index (χ0n) is 5.46. The van der Waals surface area contributed by atoms with Crippen LogP contribution in [-0.4, -0.2) is 12.1 Å². The van der Waals surface area contributed by atoms with Gasteiger partial charge in [-0.15, -0.1) is 0 Å². The van der Waals surface area contributed by atoms with Crippen molar-refractivity contribution in [3.8, 4) is 12.0 Å². The minimum atomic E-state index is -1.67. The van der Waals surface area contributed by atoms with Gasteiger partial charge >= 0.3 is 8.03 Å². The molecule has 4 heteroatoms. The van der Waals surface area contributed by atoms with Crippen LogP contribution in [0.15, 0.2) is 6.08 Å². The van der Waals surface area contributed by atoms with Crippen LogP contribution in [0.3, 0.4) is 0 Å². The first kappa shape index (κ1) is 8.91.